The van der Waals surface area contributed by atoms with Crippen molar-refractivity contribution in [3.8, 4) is 0 Å². The number of carbonyl (C=O) groups is 1. The lowest BCUT2D eigenvalue weighted by Crippen LogP contribution is -2.49. The summed E-state index contributed by atoms with van der Waals surface area (Å²) in [6.07, 6.45) is 2.65. The molecule has 2 aromatic rings. The summed E-state index contributed by atoms with van der Waals surface area (Å²) in [5.41, 5.74) is 3.71. The Labute approximate surface area is 169 Å². The van der Waals surface area contributed by atoms with Crippen LogP contribution < -0.4 is 10.6 Å². The third kappa shape index (κ3) is 3.67. The summed E-state index contributed by atoms with van der Waals surface area (Å²) in [6, 6.07) is 4.66. The van der Waals surface area contributed by atoms with E-state index in [0.717, 1.165) is 42.4 Å². The molecule has 2 heterocycles. The molecule has 3 atom stereocenters. The van der Waals surface area contributed by atoms with Crippen molar-refractivity contribution in [3.05, 3.63) is 51.6 Å². The van der Waals surface area contributed by atoms with Crippen molar-refractivity contribution in [2.24, 2.45) is 11.8 Å². The van der Waals surface area contributed by atoms with E-state index in [9.17, 15) is 9.18 Å². The summed E-state index contributed by atoms with van der Waals surface area (Å²) in [5, 5.41) is 11.4. The fourth-order valence-corrected chi connectivity index (χ4v) is 4.87. The number of rotatable bonds is 5. The summed E-state index contributed by atoms with van der Waals surface area (Å²) in [6.45, 7) is 6.51. The van der Waals surface area contributed by atoms with Gasteiger partial charge in [-0.15, -0.1) is 0 Å². The Balaban J connectivity index is 1.40. The van der Waals surface area contributed by atoms with Gasteiger partial charge in [-0.3, -0.25) is 9.48 Å². The summed E-state index contributed by atoms with van der Waals surface area (Å²) >= 11 is 6.03. The molecular weight excluding hydrogens is 379 g/mol. The van der Waals surface area contributed by atoms with E-state index in [0.29, 0.717) is 29.0 Å². The summed E-state index contributed by atoms with van der Waals surface area (Å²) in [7, 11) is 0. The fourth-order valence-electron chi connectivity index (χ4n) is 4.64. The number of fused-ring (bicyclic) bond motifs is 1. The van der Waals surface area contributed by atoms with E-state index in [1.807, 2.05) is 6.92 Å². The van der Waals surface area contributed by atoms with Crippen LogP contribution in [0.1, 0.15) is 41.4 Å². The first-order valence-corrected chi connectivity index (χ1v) is 10.3. The zero-order chi connectivity index (χ0) is 19.8. The fraction of sp³-hybridized carbons (Fsp3) is 0.524. The van der Waals surface area contributed by atoms with Gasteiger partial charge in [0.2, 0.25) is 5.91 Å². The third-order valence-corrected chi connectivity index (χ3v) is 6.67. The van der Waals surface area contributed by atoms with Gasteiger partial charge in [0.25, 0.3) is 0 Å². The molecule has 1 saturated carbocycles. The first-order chi connectivity index (χ1) is 13.4. The zero-order valence-corrected chi connectivity index (χ0v) is 17.0. The molecule has 7 heteroatoms. The first kappa shape index (κ1) is 19.4. The van der Waals surface area contributed by atoms with Gasteiger partial charge in [0.15, 0.2) is 0 Å². The number of aryl methyl sites for hydroxylation is 1. The molecule has 4 rings (SSSR count). The quantitative estimate of drug-likeness (QED) is 0.803. The number of nitrogens with one attached hydrogen (secondary N) is 2. The summed E-state index contributed by atoms with van der Waals surface area (Å²) in [5.74, 6) is 0.988. The van der Waals surface area contributed by atoms with E-state index in [-0.39, 0.29) is 18.3 Å². The minimum absolute atomic E-state index is 0.0838. The summed E-state index contributed by atoms with van der Waals surface area (Å²) < 4.78 is 15.3. The zero-order valence-electron chi connectivity index (χ0n) is 16.3. The van der Waals surface area contributed by atoms with E-state index in [1.165, 1.54) is 18.6 Å². The lowest BCUT2D eigenvalue weighted by molar-refractivity contribution is -0.120. The molecule has 1 aromatic heterocycles. The number of amides is 1. The molecule has 1 amide bonds. The smallest absolute Gasteiger partial charge is 0.224 e. The van der Waals surface area contributed by atoms with Gasteiger partial charge < -0.3 is 10.6 Å². The highest BCUT2D eigenvalue weighted by molar-refractivity contribution is 6.31. The molecule has 0 bridgehead atoms. The van der Waals surface area contributed by atoms with Crippen molar-refractivity contribution in [1.82, 2.24) is 20.4 Å². The molecule has 1 aliphatic heterocycles. The van der Waals surface area contributed by atoms with Crippen molar-refractivity contribution in [1.29, 1.82) is 0 Å². The molecule has 1 saturated heterocycles. The van der Waals surface area contributed by atoms with Crippen molar-refractivity contribution in [3.63, 3.8) is 0 Å². The van der Waals surface area contributed by atoms with Gasteiger partial charge in [-0.25, -0.2) is 4.39 Å². The van der Waals surface area contributed by atoms with Crippen LogP contribution in [0.25, 0.3) is 0 Å². The Bertz CT molecular complexity index is 897. The Morgan fingerprint density at radius 3 is 3.00 bits per heavy atom. The van der Waals surface area contributed by atoms with Crippen LogP contribution in [0.15, 0.2) is 18.2 Å². The van der Waals surface area contributed by atoms with Crippen LogP contribution in [-0.4, -0.2) is 28.8 Å². The molecule has 150 valence electrons. The standard InChI is InChI=1S/C21H26ClFN4O/c1-12-18(9-21(28)25-11-14-3-4-16(23)8-19(14)22)13(2)27(26-12)20-7-15-10-24-6-5-17(15)20/h3-4,8,15,17,20,24H,5-7,9-11H2,1-2H3,(H,25,28). The number of hydrogen-bond donors (Lipinski definition) is 2. The van der Waals surface area contributed by atoms with Crippen LogP contribution in [0.3, 0.4) is 0 Å². The van der Waals surface area contributed by atoms with E-state index in [2.05, 4.69) is 22.2 Å². The molecule has 3 unspecified atom stereocenters. The SMILES string of the molecule is Cc1nn(C2CC3CNCCC32)c(C)c1CC(=O)NCc1ccc(F)cc1Cl. The number of hydrogen-bond acceptors (Lipinski definition) is 3. The van der Waals surface area contributed by atoms with Crippen molar-refractivity contribution < 1.29 is 9.18 Å². The maximum absolute atomic E-state index is 13.1. The number of nitrogens with zero attached hydrogens (tertiary/aromatic N) is 2. The van der Waals surface area contributed by atoms with E-state index in [1.54, 1.807) is 6.07 Å². The van der Waals surface area contributed by atoms with E-state index in [4.69, 9.17) is 16.7 Å². The van der Waals surface area contributed by atoms with Gasteiger partial charge in [-0.05, 0) is 69.3 Å². The Morgan fingerprint density at radius 2 is 2.25 bits per heavy atom. The number of carbonyl (C=O) groups excluding carboxylic acids is 1. The minimum Gasteiger partial charge on any atom is -0.352 e. The van der Waals surface area contributed by atoms with Crippen molar-refractivity contribution >= 4 is 17.5 Å². The maximum atomic E-state index is 13.1. The molecule has 2 fully saturated rings. The molecular formula is C21H26ClFN4O. The van der Waals surface area contributed by atoms with Gasteiger partial charge >= 0.3 is 0 Å². The monoisotopic (exact) mass is 404 g/mol. The average Bonchev–Trinajstić information content (AvgIpc) is 2.90. The van der Waals surface area contributed by atoms with Crippen molar-refractivity contribution in [2.75, 3.05) is 13.1 Å². The molecule has 2 N–H and O–H groups in total. The van der Waals surface area contributed by atoms with Crippen LogP contribution in [0.2, 0.25) is 5.02 Å². The van der Waals surface area contributed by atoms with Crippen molar-refractivity contribution in [2.45, 2.75) is 45.7 Å². The van der Waals surface area contributed by atoms with Gasteiger partial charge in [-0.1, -0.05) is 17.7 Å². The Hall–Kier alpha value is -1.92. The second kappa shape index (κ2) is 7.84. The molecule has 5 nitrogen and oxygen atoms in total. The van der Waals surface area contributed by atoms with Crippen LogP contribution >= 0.6 is 11.6 Å². The molecule has 2 aliphatic rings. The second-order valence-electron chi connectivity index (χ2n) is 8.00. The van der Waals surface area contributed by atoms with Gasteiger partial charge in [0, 0.05) is 22.8 Å². The topological polar surface area (TPSA) is 59.0 Å². The van der Waals surface area contributed by atoms with Gasteiger partial charge in [0.05, 0.1) is 18.2 Å². The predicted octanol–water partition coefficient (Wildman–Crippen LogP) is 3.32. The number of piperidine rings is 1. The highest BCUT2D eigenvalue weighted by Crippen LogP contribution is 2.47. The van der Waals surface area contributed by atoms with Gasteiger partial charge in [-0.2, -0.15) is 5.10 Å². The van der Waals surface area contributed by atoms with E-state index < -0.39 is 0 Å². The number of halogens is 2. The average molecular weight is 405 g/mol. The first-order valence-electron chi connectivity index (χ1n) is 9.90. The van der Waals surface area contributed by atoms with Crippen LogP contribution in [0, 0.1) is 31.5 Å². The highest BCUT2D eigenvalue weighted by Gasteiger charge is 2.44. The number of benzene rings is 1. The molecule has 0 spiro atoms. The highest BCUT2D eigenvalue weighted by atomic mass is 35.5. The molecule has 1 aliphatic carbocycles. The Morgan fingerprint density at radius 1 is 1.43 bits per heavy atom. The molecule has 0 radical (unpaired) electrons. The van der Waals surface area contributed by atoms with Crippen LogP contribution in [-0.2, 0) is 17.8 Å². The van der Waals surface area contributed by atoms with Gasteiger partial charge in [0.1, 0.15) is 5.82 Å². The molecule has 28 heavy (non-hydrogen) atoms. The maximum Gasteiger partial charge on any atom is 0.224 e. The Kier molecular flexibility index (Phi) is 5.43. The second-order valence-corrected chi connectivity index (χ2v) is 8.41. The lowest BCUT2D eigenvalue weighted by atomic mass is 9.66. The van der Waals surface area contributed by atoms with E-state index >= 15 is 0 Å². The minimum atomic E-state index is -0.384. The normalized spacial score (nSPS) is 23.8. The lowest BCUT2D eigenvalue weighted by Gasteiger charge is -2.48. The molecule has 1 aromatic carbocycles. The largest absolute Gasteiger partial charge is 0.352 e. The van der Waals surface area contributed by atoms with Crippen LogP contribution in [0.5, 0.6) is 0 Å². The predicted molar refractivity (Wildman–Crippen MR) is 107 cm³/mol. The summed E-state index contributed by atoms with van der Waals surface area (Å²) in [4.78, 5) is 12.5. The third-order valence-electron chi connectivity index (χ3n) is 6.32. The van der Waals surface area contributed by atoms with Crippen LogP contribution in [0.4, 0.5) is 4.39 Å². The number of aromatic nitrogens is 2.